The fourth-order valence-corrected chi connectivity index (χ4v) is 6.39. The molecule has 1 fully saturated rings. The van der Waals surface area contributed by atoms with Crippen LogP contribution in [0.5, 0.6) is 0 Å². The number of nitrogens with one attached hydrogen (secondary N) is 4. The van der Waals surface area contributed by atoms with Crippen LogP contribution in [0.4, 0.5) is 4.79 Å². The van der Waals surface area contributed by atoms with Crippen LogP contribution < -0.4 is 21.3 Å². The summed E-state index contributed by atoms with van der Waals surface area (Å²) in [5.41, 5.74) is -0.285. The van der Waals surface area contributed by atoms with Crippen molar-refractivity contribution in [1.82, 2.24) is 31.1 Å². The number of carbonyl (C=O) groups is 8. The smallest absolute Gasteiger partial charge is 0.408 e. The molecule has 2 aromatic carbocycles. The highest BCUT2D eigenvalue weighted by atomic mass is 16.6. The van der Waals surface area contributed by atoms with Gasteiger partial charge in [0.05, 0.1) is 19.1 Å². The number of likely N-dealkylation sites (N-methyl/N-ethyl adjacent to an activating group) is 1. The Labute approximate surface area is 346 Å². The van der Waals surface area contributed by atoms with E-state index in [1.165, 1.54) is 23.9 Å². The molecule has 322 valence electrons. The highest BCUT2D eigenvalue weighted by molar-refractivity contribution is 6.38. The van der Waals surface area contributed by atoms with Gasteiger partial charge in [0.1, 0.15) is 29.8 Å². The number of nitrogens with zero attached hydrogens (tertiary/aromatic N) is 2. The van der Waals surface area contributed by atoms with Gasteiger partial charge in [-0.15, -0.1) is 0 Å². The first-order valence-electron chi connectivity index (χ1n) is 19.8. The number of hydrogen-bond donors (Lipinski definition) is 4. The van der Waals surface area contributed by atoms with Crippen LogP contribution in [0.15, 0.2) is 60.7 Å². The molecule has 0 spiro atoms. The monoisotopic (exact) mass is 820 g/mol. The maximum atomic E-state index is 14.3. The molecule has 0 saturated carbocycles. The summed E-state index contributed by atoms with van der Waals surface area (Å²) >= 11 is 0. The van der Waals surface area contributed by atoms with Gasteiger partial charge in [0.2, 0.25) is 29.4 Å². The Bertz CT molecular complexity index is 1810. The summed E-state index contributed by atoms with van der Waals surface area (Å²) in [6.07, 6.45) is -0.986. The van der Waals surface area contributed by atoms with E-state index in [0.717, 1.165) is 5.56 Å². The summed E-state index contributed by atoms with van der Waals surface area (Å²) in [5.74, 6) is -5.28. The fraction of sp³-hybridized carbons (Fsp3) is 0.535. The summed E-state index contributed by atoms with van der Waals surface area (Å²) < 4.78 is 11.2. The van der Waals surface area contributed by atoms with E-state index in [-0.39, 0.29) is 25.8 Å². The lowest BCUT2D eigenvalue weighted by Gasteiger charge is -2.35. The average Bonchev–Trinajstić information content (AvgIpc) is 3.59. The third-order valence-corrected chi connectivity index (χ3v) is 9.35. The summed E-state index contributed by atoms with van der Waals surface area (Å²) in [6, 6.07) is 13.0. The third kappa shape index (κ3) is 14.8. The zero-order chi connectivity index (χ0) is 44.1. The van der Waals surface area contributed by atoms with Crippen molar-refractivity contribution < 1.29 is 47.8 Å². The summed E-state index contributed by atoms with van der Waals surface area (Å²) in [5, 5.41) is 10.1. The fourth-order valence-electron chi connectivity index (χ4n) is 6.39. The minimum Gasteiger partial charge on any atom is -0.460 e. The van der Waals surface area contributed by atoms with Gasteiger partial charge >= 0.3 is 12.1 Å². The molecule has 5 atom stereocenters. The van der Waals surface area contributed by atoms with Crippen LogP contribution >= 0.6 is 0 Å². The number of esters is 1. The lowest BCUT2D eigenvalue weighted by molar-refractivity contribution is -0.149. The number of aryl methyl sites for hydroxylation is 1. The first-order chi connectivity index (χ1) is 27.6. The molecule has 1 aliphatic heterocycles. The van der Waals surface area contributed by atoms with Crippen molar-refractivity contribution in [3.8, 4) is 0 Å². The number of Topliss-reactive ketones (excluding diaryl/α,β-unsaturated/α-hetero) is 1. The van der Waals surface area contributed by atoms with Gasteiger partial charge in [-0.2, -0.15) is 0 Å². The SMILES string of the molecule is CCCC(NC(=O)[C@@H]1CC(OC(=O)CCc2ccccc2)CN1C(=O)C(NC(=O)OC(C)(C)C)C(C)(C)C)C(=O)C(=O)NCC(=O)NC(C(=O)N(C)C)c1ccccc1. The molecule has 1 saturated heterocycles. The van der Waals surface area contributed by atoms with Gasteiger partial charge in [0.15, 0.2) is 0 Å². The van der Waals surface area contributed by atoms with Gasteiger partial charge in [-0.25, -0.2) is 4.79 Å². The Morgan fingerprint density at radius 1 is 0.847 bits per heavy atom. The minimum absolute atomic E-state index is 0.0426. The lowest BCUT2D eigenvalue weighted by Crippen LogP contribution is -2.59. The molecule has 16 nitrogen and oxygen atoms in total. The Morgan fingerprint density at radius 3 is 2.02 bits per heavy atom. The molecule has 16 heteroatoms. The van der Waals surface area contributed by atoms with Crippen molar-refractivity contribution in [3.63, 3.8) is 0 Å². The summed E-state index contributed by atoms with van der Waals surface area (Å²) in [7, 11) is 3.08. The van der Waals surface area contributed by atoms with Gasteiger partial charge in [-0.1, -0.05) is 94.8 Å². The molecule has 6 amide bonds. The second kappa shape index (κ2) is 21.3. The largest absolute Gasteiger partial charge is 0.460 e. The minimum atomic E-state index is -1.34. The topological polar surface area (TPSA) is 210 Å². The van der Waals surface area contributed by atoms with Gasteiger partial charge in [0, 0.05) is 26.9 Å². The number of amides is 6. The van der Waals surface area contributed by atoms with Crippen LogP contribution in [-0.4, -0.2) is 114 Å². The molecule has 0 aromatic heterocycles. The molecule has 2 aromatic rings. The molecule has 1 aliphatic rings. The molecule has 0 aliphatic carbocycles. The predicted octanol–water partition coefficient (Wildman–Crippen LogP) is 2.99. The number of carbonyl (C=O) groups excluding carboxylic acids is 8. The van der Waals surface area contributed by atoms with Crippen LogP contribution in [0.1, 0.15) is 91.3 Å². The molecule has 3 rings (SSSR count). The quantitative estimate of drug-likeness (QED) is 0.136. The van der Waals surface area contributed by atoms with Crippen LogP contribution in [0.25, 0.3) is 0 Å². The number of likely N-dealkylation sites (tertiary alicyclic amines) is 1. The Balaban J connectivity index is 1.79. The van der Waals surface area contributed by atoms with Crippen molar-refractivity contribution in [2.45, 2.75) is 116 Å². The molecule has 4 N–H and O–H groups in total. The molecule has 1 heterocycles. The van der Waals surface area contributed by atoms with E-state index >= 15 is 0 Å². The number of alkyl carbamates (subject to hydrolysis) is 1. The van der Waals surface area contributed by atoms with Crippen molar-refractivity contribution in [2.24, 2.45) is 5.41 Å². The van der Waals surface area contributed by atoms with Crippen LogP contribution in [0, 0.1) is 5.41 Å². The van der Waals surface area contributed by atoms with E-state index in [1.54, 1.807) is 78.8 Å². The van der Waals surface area contributed by atoms with Crippen LogP contribution in [0.3, 0.4) is 0 Å². The number of ether oxygens (including phenoxy) is 2. The lowest BCUT2D eigenvalue weighted by atomic mass is 9.85. The highest BCUT2D eigenvalue weighted by Crippen LogP contribution is 2.28. The average molecular weight is 821 g/mol. The Hall–Kier alpha value is -5.80. The summed E-state index contributed by atoms with van der Waals surface area (Å²) in [4.78, 5) is 109. The molecular formula is C43H60N6O10. The van der Waals surface area contributed by atoms with Crippen LogP contribution in [0.2, 0.25) is 0 Å². The molecule has 0 bridgehead atoms. The molecule has 59 heavy (non-hydrogen) atoms. The second-order valence-electron chi connectivity index (χ2n) is 16.8. The highest BCUT2D eigenvalue weighted by Gasteiger charge is 2.47. The maximum absolute atomic E-state index is 14.3. The summed E-state index contributed by atoms with van der Waals surface area (Å²) in [6.45, 7) is 11.2. The van der Waals surface area contributed by atoms with Gasteiger partial charge in [0.25, 0.3) is 5.91 Å². The molecule has 0 radical (unpaired) electrons. The van der Waals surface area contributed by atoms with E-state index in [0.29, 0.717) is 18.4 Å². The van der Waals surface area contributed by atoms with E-state index in [9.17, 15) is 38.4 Å². The first-order valence-corrected chi connectivity index (χ1v) is 19.8. The standard InChI is InChI=1S/C43H60N6O10/c1-10-17-30(35(52)38(54)44-25-32(50)46-34(39(55)48(8)9)28-20-15-12-16-21-28)45-37(53)31-24-29(58-33(51)23-22-27-18-13-11-14-19-27)26-49(31)40(56)36(42(2,3)4)47-41(57)59-43(5,6)7/h11-16,18-21,29-31,34,36H,10,17,22-26H2,1-9H3,(H,44,54)(H,45,53)(H,46,50)(H,47,57)/t29?,30?,31-,34?,36?/m0/s1. The number of rotatable bonds is 17. The van der Waals surface area contributed by atoms with Crippen molar-refractivity contribution in [1.29, 1.82) is 0 Å². The first kappa shape index (κ1) is 47.6. The number of benzene rings is 2. The number of hydrogen-bond acceptors (Lipinski definition) is 10. The van der Waals surface area contributed by atoms with Crippen molar-refractivity contribution in [3.05, 3.63) is 71.8 Å². The molecule has 4 unspecified atom stereocenters. The van der Waals surface area contributed by atoms with Crippen molar-refractivity contribution >= 4 is 47.4 Å². The third-order valence-electron chi connectivity index (χ3n) is 9.35. The zero-order valence-electron chi connectivity index (χ0n) is 35.6. The van der Waals surface area contributed by atoms with E-state index in [1.807, 2.05) is 30.3 Å². The van der Waals surface area contributed by atoms with Crippen LogP contribution in [-0.2, 0) is 49.5 Å². The van der Waals surface area contributed by atoms with Crippen molar-refractivity contribution in [2.75, 3.05) is 27.2 Å². The van der Waals surface area contributed by atoms with E-state index < -0.39 is 95.2 Å². The maximum Gasteiger partial charge on any atom is 0.408 e. The van der Waals surface area contributed by atoms with E-state index in [2.05, 4.69) is 21.3 Å². The van der Waals surface area contributed by atoms with Gasteiger partial charge < -0.3 is 40.5 Å². The normalized spacial score (nSPS) is 16.7. The molecular weight excluding hydrogens is 761 g/mol. The van der Waals surface area contributed by atoms with Gasteiger partial charge in [-0.05, 0) is 50.2 Å². The Morgan fingerprint density at radius 2 is 1.46 bits per heavy atom. The second-order valence-corrected chi connectivity index (χ2v) is 16.8. The van der Waals surface area contributed by atoms with E-state index in [4.69, 9.17) is 9.47 Å². The zero-order valence-corrected chi connectivity index (χ0v) is 35.6. The predicted molar refractivity (Wildman–Crippen MR) is 218 cm³/mol. The number of ketones is 1. The Kier molecular flexibility index (Phi) is 17.2. The van der Waals surface area contributed by atoms with Gasteiger partial charge in [-0.3, -0.25) is 33.6 Å².